The minimum Gasteiger partial charge on any atom is -0.379 e. The molecular formula is C26H31N7O. The third kappa shape index (κ3) is 5.14. The average Bonchev–Trinajstić information content (AvgIpc) is 3.35. The van der Waals surface area contributed by atoms with Crippen molar-refractivity contribution in [2.75, 3.05) is 46.4 Å². The lowest BCUT2D eigenvalue weighted by Gasteiger charge is -2.27. The van der Waals surface area contributed by atoms with Crippen molar-refractivity contribution in [1.29, 1.82) is 0 Å². The third-order valence-corrected chi connectivity index (χ3v) is 6.29. The Morgan fingerprint density at radius 2 is 1.94 bits per heavy atom. The Balaban J connectivity index is 1.34. The molecule has 4 aromatic heterocycles. The molecule has 1 aliphatic rings. The standard InChI is InChI=1S/C26H31N7O/c1-19-5-3-6-24(29-19)26-21(17-28-31-26)22-7-8-23-25(30-22)20(9-10-27-23)18-32(2)11-4-12-33-13-15-34-16-14-33/h3,5-10,17H,4,11-16,18H2,1-2H3,(H,28,31). The Labute approximate surface area is 200 Å². The summed E-state index contributed by atoms with van der Waals surface area (Å²) in [5.41, 5.74) is 7.53. The number of aryl methyl sites for hydroxylation is 1. The Bertz CT molecular complexity index is 1250. The van der Waals surface area contributed by atoms with Crippen LogP contribution in [0.4, 0.5) is 0 Å². The summed E-state index contributed by atoms with van der Waals surface area (Å²) in [6.45, 7) is 8.75. The van der Waals surface area contributed by atoms with Crippen LogP contribution in [0.15, 0.2) is 48.8 Å². The molecule has 34 heavy (non-hydrogen) atoms. The van der Waals surface area contributed by atoms with E-state index in [1.54, 1.807) is 0 Å². The van der Waals surface area contributed by atoms with Gasteiger partial charge >= 0.3 is 0 Å². The molecule has 4 aromatic rings. The first-order chi connectivity index (χ1) is 16.7. The first-order valence-corrected chi connectivity index (χ1v) is 11.9. The zero-order chi connectivity index (χ0) is 23.3. The van der Waals surface area contributed by atoms with E-state index >= 15 is 0 Å². The average molecular weight is 458 g/mol. The van der Waals surface area contributed by atoms with Crippen LogP contribution in [0.25, 0.3) is 33.7 Å². The van der Waals surface area contributed by atoms with Crippen LogP contribution >= 0.6 is 0 Å². The zero-order valence-corrected chi connectivity index (χ0v) is 19.9. The van der Waals surface area contributed by atoms with Gasteiger partial charge < -0.3 is 9.64 Å². The van der Waals surface area contributed by atoms with Gasteiger partial charge in [0.1, 0.15) is 0 Å². The van der Waals surface area contributed by atoms with Gasteiger partial charge in [0.25, 0.3) is 0 Å². The van der Waals surface area contributed by atoms with Crippen LogP contribution in [0.2, 0.25) is 0 Å². The molecule has 0 atom stereocenters. The number of ether oxygens (including phenoxy) is 1. The SMILES string of the molecule is Cc1cccc(-c2[nH]ncc2-c2ccc3nccc(CN(C)CCCN4CCOCC4)c3n2)n1. The second kappa shape index (κ2) is 10.4. The van der Waals surface area contributed by atoms with Gasteiger partial charge in [-0.15, -0.1) is 0 Å². The van der Waals surface area contributed by atoms with Gasteiger partial charge in [-0.1, -0.05) is 6.07 Å². The first-order valence-electron chi connectivity index (χ1n) is 11.9. The zero-order valence-electron chi connectivity index (χ0n) is 19.9. The molecule has 5 heterocycles. The number of H-pyrrole nitrogens is 1. The molecule has 1 fully saturated rings. The second-order valence-corrected chi connectivity index (χ2v) is 8.90. The molecule has 0 aromatic carbocycles. The summed E-state index contributed by atoms with van der Waals surface area (Å²) in [4.78, 5) is 19.1. The number of morpholine rings is 1. The maximum absolute atomic E-state index is 5.45. The Hall–Kier alpha value is -3.20. The molecule has 0 bridgehead atoms. The number of hydrogen-bond donors (Lipinski definition) is 1. The second-order valence-electron chi connectivity index (χ2n) is 8.90. The lowest BCUT2D eigenvalue weighted by atomic mass is 10.1. The van der Waals surface area contributed by atoms with Crippen molar-refractivity contribution in [3.63, 3.8) is 0 Å². The predicted octanol–water partition coefficient (Wildman–Crippen LogP) is 3.54. The van der Waals surface area contributed by atoms with Crippen molar-refractivity contribution >= 4 is 11.0 Å². The van der Waals surface area contributed by atoms with Crippen molar-refractivity contribution in [3.05, 3.63) is 60.0 Å². The summed E-state index contributed by atoms with van der Waals surface area (Å²) in [6.07, 6.45) is 4.84. The van der Waals surface area contributed by atoms with E-state index in [2.05, 4.69) is 43.1 Å². The molecule has 0 saturated carbocycles. The molecule has 0 aliphatic carbocycles. The molecule has 0 spiro atoms. The lowest BCUT2D eigenvalue weighted by molar-refractivity contribution is 0.0363. The molecular weight excluding hydrogens is 426 g/mol. The normalized spacial score (nSPS) is 14.8. The smallest absolute Gasteiger partial charge is 0.0939 e. The number of nitrogens with zero attached hydrogens (tertiary/aromatic N) is 6. The van der Waals surface area contributed by atoms with Crippen LogP contribution in [0.5, 0.6) is 0 Å². The number of fused-ring (bicyclic) bond motifs is 1. The molecule has 1 saturated heterocycles. The van der Waals surface area contributed by atoms with Gasteiger partial charge in [-0.25, -0.2) is 4.98 Å². The third-order valence-electron chi connectivity index (χ3n) is 6.29. The summed E-state index contributed by atoms with van der Waals surface area (Å²) >= 11 is 0. The number of hydrogen-bond acceptors (Lipinski definition) is 7. The maximum atomic E-state index is 5.45. The summed E-state index contributed by atoms with van der Waals surface area (Å²) in [6, 6.07) is 12.1. The van der Waals surface area contributed by atoms with Crippen molar-refractivity contribution < 1.29 is 4.74 Å². The van der Waals surface area contributed by atoms with Crippen molar-refractivity contribution in [3.8, 4) is 22.6 Å². The number of aromatic nitrogens is 5. The van der Waals surface area contributed by atoms with Gasteiger partial charge in [0, 0.05) is 37.1 Å². The van der Waals surface area contributed by atoms with Crippen LogP contribution < -0.4 is 0 Å². The Kier molecular flexibility index (Phi) is 6.89. The van der Waals surface area contributed by atoms with E-state index in [1.165, 1.54) is 5.56 Å². The monoisotopic (exact) mass is 457 g/mol. The minimum atomic E-state index is 0.830. The largest absolute Gasteiger partial charge is 0.379 e. The van der Waals surface area contributed by atoms with E-state index in [1.807, 2.05) is 49.6 Å². The van der Waals surface area contributed by atoms with Gasteiger partial charge in [0.2, 0.25) is 0 Å². The van der Waals surface area contributed by atoms with Crippen LogP contribution in [0.3, 0.4) is 0 Å². The molecule has 1 N–H and O–H groups in total. The van der Waals surface area contributed by atoms with E-state index in [4.69, 9.17) is 9.72 Å². The molecule has 0 unspecified atom stereocenters. The quantitative estimate of drug-likeness (QED) is 0.433. The highest BCUT2D eigenvalue weighted by atomic mass is 16.5. The van der Waals surface area contributed by atoms with Crippen LogP contribution in [-0.2, 0) is 11.3 Å². The van der Waals surface area contributed by atoms with Gasteiger partial charge in [0.05, 0.1) is 47.5 Å². The van der Waals surface area contributed by atoms with Gasteiger partial charge in [-0.05, 0) is 69.4 Å². The van der Waals surface area contributed by atoms with Crippen LogP contribution in [0, 0.1) is 6.92 Å². The van der Waals surface area contributed by atoms with Gasteiger partial charge in [-0.2, -0.15) is 5.10 Å². The molecule has 1 aliphatic heterocycles. The number of rotatable bonds is 8. The Morgan fingerprint density at radius 1 is 1.06 bits per heavy atom. The molecule has 5 rings (SSSR count). The number of aromatic amines is 1. The highest BCUT2D eigenvalue weighted by Crippen LogP contribution is 2.29. The predicted molar refractivity (Wildman–Crippen MR) is 133 cm³/mol. The summed E-state index contributed by atoms with van der Waals surface area (Å²) < 4.78 is 5.45. The molecule has 176 valence electrons. The number of pyridine rings is 3. The van der Waals surface area contributed by atoms with Crippen LogP contribution in [-0.4, -0.2) is 81.4 Å². The fraction of sp³-hybridized carbons (Fsp3) is 0.385. The van der Waals surface area contributed by atoms with E-state index in [0.29, 0.717) is 0 Å². The molecule has 8 nitrogen and oxygen atoms in total. The lowest BCUT2D eigenvalue weighted by Crippen LogP contribution is -2.37. The topological polar surface area (TPSA) is 83.1 Å². The van der Waals surface area contributed by atoms with Gasteiger partial charge in [0.15, 0.2) is 0 Å². The van der Waals surface area contributed by atoms with Crippen molar-refractivity contribution in [2.45, 2.75) is 19.9 Å². The Morgan fingerprint density at radius 3 is 2.79 bits per heavy atom. The summed E-state index contributed by atoms with van der Waals surface area (Å²) in [7, 11) is 2.17. The fourth-order valence-electron chi connectivity index (χ4n) is 4.47. The highest BCUT2D eigenvalue weighted by molar-refractivity contribution is 5.84. The molecule has 0 amide bonds. The van der Waals surface area contributed by atoms with Crippen molar-refractivity contribution in [1.82, 2.24) is 34.9 Å². The fourth-order valence-corrected chi connectivity index (χ4v) is 4.47. The van der Waals surface area contributed by atoms with E-state index in [-0.39, 0.29) is 0 Å². The van der Waals surface area contributed by atoms with E-state index < -0.39 is 0 Å². The van der Waals surface area contributed by atoms with Crippen LogP contribution in [0.1, 0.15) is 17.7 Å². The molecule has 8 heteroatoms. The van der Waals surface area contributed by atoms with E-state index in [9.17, 15) is 0 Å². The molecule has 0 radical (unpaired) electrons. The highest BCUT2D eigenvalue weighted by Gasteiger charge is 2.15. The summed E-state index contributed by atoms with van der Waals surface area (Å²) in [5.74, 6) is 0. The summed E-state index contributed by atoms with van der Waals surface area (Å²) in [5, 5.41) is 7.39. The van der Waals surface area contributed by atoms with Crippen molar-refractivity contribution in [2.24, 2.45) is 0 Å². The van der Waals surface area contributed by atoms with E-state index in [0.717, 1.165) is 91.7 Å². The first kappa shape index (κ1) is 22.6. The number of nitrogens with one attached hydrogen (secondary N) is 1. The minimum absolute atomic E-state index is 0.830. The van der Waals surface area contributed by atoms with Gasteiger partial charge in [-0.3, -0.25) is 20.0 Å². The maximum Gasteiger partial charge on any atom is 0.0939 e.